The highest BCUT2D eigenvalue weighted by Gasteiger charge is 2.40. The summed E-state index contributed by atoms with van der Waals surface area (Å²) in [6.07, 6.45) is 2.27. The smallest absolute Gasteiger partial charge is 0.219 e. The van der Waals surface area contributed by atoms with E-state index in [0.717, 1.165) is 48.4 Å². The number of hydrogen-bond acceptors (Lipinski definition) is 2. The standard InChI is InChI=1S/C16H21ClN2O/c1-11(20)19(10-12-3-2-4-15(17)5-12)16-6-13-8-18-9-14(13)7-16/h2-5,13-14,16,18H,6-10H2,1H3. The van der Waals surface area contributed by atoms with Crippen LogP contribution < -0.4 is 5.32 Å². The average Bonchev–Trinajstić information content (AvgIpc) is 2.96. The summed E-state index contributed by atoms with van der Waals surface area (Å²) in [6.45, 7) is 4.58. The minimum absolute atomic E-state index is 0.169. The molecule has 0 aromatic heterocycles. The number of rotatable bonds is 3. The molecule has 0 spiro atoms. The van der Waals surface area contributed by atoms with Crippen LogP contribution in [0.5, 0.6) is 0 Å². The fraction of sp³-hybridized carbons (Fsp3) is 0.562. The number of amides is 1. The van der Waals surface area contributed by atoms with E-state index in [0.29, 0.717) is 12.6 Å². The van der Waals surface area contributed by atoms with Crippen molar-refractivity contribution >= 4 is 17.5 Å². The van der Waals surface area contributed by atoms with Crippen LogP contribution in [0.1, 0.15) is 25.3 Å². The predicted molar refractivity (Wildman–Crippen MR) is 80.5 cm³/mol. The average molecular weight is 293 g/mol. The lowest BCUT2D eigenvalue weighted by Gasteiger charge is -2.29. The zero-order valence-corrected chi connectivity index (χ0v) is 12.6. The van der Waals surface area contributed by atoms with Crippen LogP contribution in [0, 0.1) is 11.8 Å². The topological polar surface area (TPSA) is 32.3 Å². The molecular weight excluding hydrogens is 272 g/mol. The first-order valence-electron chi connectivity index (χ1n) is 7.36. The molecule has 2 aliphatic rings. The summed E-state index contributed by atoms with van der Waals surface area (Å²) >= 11 is 6.03. The summed E-state index contributed by atoms with van der Waals surface area (Å²) in [5, 5.41) is 4.18. The van der Waals surface area contributed by atoms with Crippen LogP contribution in [0.2, 0.25) is 5.02 Å². The fourth-order valence-electron chi connectivity index (χ4n) is 3.72. The molecule has 3 nitrogen and oxygen atoms in total. The van der Waals surface area contributed by atoms with Crippen molar-refractivity contribution in [1.82, 2.24) is 10.2 Å². The van der Waals surface area contributed by atoms with Gasteiger partial charge >= 0.3 is 0 Å². The highest BCUT2D eigenvalue weighted by molar-refractivity contribution is 6.30. The van der Waals surface area contributed by atoms with Crippen molar-refractivity contribution in [2.75, 3.05) is 13.1 Å². The Morgan fingerprint density at radius 1 is 1.35 bits per heavy atom. The molecule has 108 valence electrons. The fourth-order valence-corrected chi connectivity index (χ4v) is 3.93. The van der Waals surface area contributed by atoms with Crippen molar-refractivity contribution in [3.05, 3.63) is 34.9 Å². The third kappa shape index (κ3) is 2.84. The molecule has 0 bridgehead atoms. The molecule has 1 saturated carbocycles. The first kappa shape index (κ1) is 13.9. The van der Waals surface area contributed by atoms with E-state index in [-0.39, 0.29) is 5.91 Å². The lowest BCUT2D eigenvalue weighted by atomic mass is 10.0. The molecule has 2 atom stereocenters. The minimum Gasteiger partial charge on any atom is -0.336 e. The number of hydrogen-bond donors (Lipinski definition) is 1. The molecule has 1 aromatic carbocycles. The SMILES string of the molecule is CC(=O)N(Cc1cccc(Cl)c1)C1CC2CNCC2C1. The van der Waals surface area contributed by atoms with Gasteiger partial charge in [0.05, 0.1) is 0 Å². The number of carbonyl (C=O) groups is 1. The molecule has 2 unspecified atom stereocenters. The van der Waals surface area contributed by atoms with Gasteiger partial charge in [-0.3, -0.25) is 4.79 Å². The number of halogens is 1. The zero-order chi connectivity index (χ0) is 14.1. The molecule has 1 aliphatic heterocycles. The van der Waals surface area contributed by atoms with Crippen LogP contribution in [0.4, 0.5) is 0 Å². The molecule has 1 aromatic rings. The second kappa shape index (κ2) is 5.74. The van der Waals surface area contributed by atoms with Crippen LogP contribution in [-0.2, 0) is 11.3 Å². The van der Waals surface area contributed by atoms with Gasteiger partial charge in [0.15, 0.2) is 0 Å². The highest BCUT2D eigenvalue weighted by atomic mass is 35.5. The lowest BCUT2D eigenvalue weighted by Crippen LogP contribution is -2.37. The highest BCUT2D eigenvalue weighted by Crippen LogP contribution is 2.37. The van der Waals surface area contributed by atoms with Crippen LogP contribution in [-0.4, -0.2) is 29.9 Å². The van der Waals surface area contributed by atoms with Crippen LogP contribution in [0.25, 0.3) is 0 Å². The monoisotopic (exact) mass is 292 g/mol. The molecule has 20 heavy (non-hydrogen) atoms. The molecule has 2 fully saturated rings. The second-order valence-electron chi connectivity index (χ2n) is 6.08. The van der Waals surface area contributed by atoms with E-state index < -0.39 is 0 Å². The Balaban J connectivity index is 1.72. The number of fused-ring (bicyclic) bond motifs is 1. The summed E-state index contributed by atoms with van der Waals surface area (Å²) in [7, 11) is 0. The first-order chi connectivity index (χ1) is 9.63. The summed E-state index contributed by atoms with van der Waals surface area (Å²) in [5.41, 5.74) is 1.11. The van der Waals surface area contributed by atoms with Crippen molar-refractivity contribution in [3.63, 3.8) is 0 Å². The van der Waals surface area contributed by atoms with E-state index in [9.17, 15) is 4.79 Å². The molecular formula is C16H21ClN2O. The molecule has 4 heteroatoms. The normalized spacial score (nSPS) is 28.4. The first-order valence-corrected chi connectivity index (χ1v) is 7.73. The Morgan fingerprint density at radius 3 is 2.65 bits per heavy atom. The number of nitrogens with one attached hydrogen (secondary N) is 1. The molecule has 1 N–H and O–H groups in total. The number of carbonyl (C=O) groups excluding carboxylic acids is 1. The molecule has 1 aliphatic carbocycles. The maximum absolute atomic E-state index is 12.0. The van der Waals surface area contributed by atoms with Gasteiger partial charge in [0.1, 0.15) is 0 Å². The largest absolute Gasteiger partial charge is 0.336 e. The third-order valence-corrected chi connectivity index (χ3v) is 4.95. The van der Waals surface area contributed by atoms with E-state index in [2.05, 4.69) is 5.32 Å². The summed E-state index contributed by atoms with van der Waals surface area (Å²) in [5.74, 6) is 1.67. The van der Waals surface area contributed by atoms with Gasteiger partial charge in [0.25, 0.3) is 0 Å². The minimum atomic E-state index is 0.169. The summed E-state index contributed by atoms with van der Waals surface area (Å²) in [4.78, 5) is 14.0. The van der Waals surface area contributed by atoms with Crippen LogP contribution in [0.3, 0.4) is 0 Å². The molecule has 1 saturated heterocycles. The number of benzene rings is 1. The van der Waals surface area contributed by atoms with E-state index in [1.54, 1.807) is 6.92 Å². The maximum atomic E-state index is 12.0. The van der Waals surface area contributed by atoms with Gasteiger partial charge in [-0.2, -0.15) is 0 Å². The van der Waals surface area contributed by atoms with Gasteiger partial charge in [-0.1, -0.05) is 23.7 Å². The van der Waals surface area contributed by atoms with Crippen molar-refractivity contribution in [2.24, 2.45) is 11.8 Å². The summed E-state index contributed by atoms with van der Waals surface area (Å²) < 4.78 is 0. The van der Waals surface area contributed by atoms with Gasteiger partial charge < -0.3 is 10.2 Å². The molecule has 1 amide bonds. The Morgan fingerprint density at radius 2 is 2.05 bits per heavy atom. The van der Waals surface area contributed by atoms with Gasteiger partial charge in [-0.25, -0.2) is 0 Å². The zero-order valence-electron chi connectivity index (χ0n) is 11.8. The van der Waals surface area contributed by atoms with E-state index in [4.69, 9.17) is 11.6 Å². The third-order valence-electron chi connectivity index (χ3n) is 4.72. The molecule has 1 heterocycles. The Bertz CT molecular complexity index is 493. The van der Waals surface area contributed by atoms with Crippen LogP contribution in [0.15, 0.2) is 24.3 Å². The van der Waals surface area contributed by atoms with Gasteiger partial charge in [-0.15, -0.1) is 0 Å². The van der Waals surface area contributed by atoms with Gasteiger partial charge in [0, 0.05) is 24.5 Å². The van der Waals surface area contributed by atoms with E-state index in [1.165, 1.54) is 0 Å². The van der Waals surface area contributed by atoms with E-state index >= 15 is 0 Å². The van der Waals surface area contributed by atoms with Crippen molar-refractivity contribution in [2.45, 2.75) is 32.4 Å². The predicted octanol–water partition coefficient (Wildman–Crippen LogP) is 2.69. The Hall–Kier alpha value is -1.06. The van der Waals surface area contributed by atoms with Crippen molar-refractivity contribution < 1.29 is 4.79 Å². The Labute approximate surface area is 125 Å². The summed E-state index contributed by atoms with van der Waals surface area (Å²) in [6, 6.07) is 8.20. The Kier molecular flexibility index (Phi) is 3.99. The van der Waals surface area contributed by atoms with E-state index in [1.807, 2.05) is 29.2 Å². The number of nitrogens with zero attached hydrogens (tertiary/aromatic N) is 1. The molecule has 3 rings (SSSR count). The lowest BCUT2D eigenvalue weighted by molar-refractivity contribution is -0.131. The molecule has 0 radical (unpaired) electrons. The second-order valence-corrected chi connectivity index (χ2v) is 6.52. The van der Waals surface area contributed by atoms with Crippen molar-refractivity contribution in [1.29, 1.82) is 0 Å². The van der Waals surface area contributed by atoms with Crippen LogP contribution >= 0.6 is 11.6 Å². The quantitative estimate of drug-likeness (QED) is 0.929. The van der Waals surface area contributed by atoms with Gasteiger partial charge in [-0.05, 0) is 55.5 Å². The van der Waals surface area contributed by atoms with Crippen molar-refractivity contribution in [3.8, 4) is 0 Å². The van der Waals surface area contributed by atoms with Gasteiger partial charge in [0.2, 0.25) is 5.91 Å². The maximum Gasteiger partial charge on any atom is 0.219 e.